The van der Waals surface area contributed by atoms with Crippen molar-refractivity contribution in [3.63, 3.8) is 0 Å². The van der Waals surface area contributed by atoms with Gasteiger partial charge in [-0.15, -0.1) is 0 Å². The first-order valence-corrected chi connectivity index (χ1v) is 12.1. The minimum absolute atomic E-state index is 0.0327. The summed E-state index contributed by atoms with van der Waals surface area (Å²) in [5.74, 6) is 0.313. The molecule has 2 atom stereocenters. The Morgan fingerprint density at radius 2 is 2.00 bits per heavy atom. The average Bonchev–Trinajstić information content (AvgIpc) is 2.88. The number of methoxy groups -OCH3 is 1. The summed E-state index contributed by atoms with van der Waals surface area (Å²) in [5.41, 5.74) is 1.19. The highest BCUT2D eigenvalue weighted by Crippen LogP contribution is 2.40. The molecular weight excluding hydrogens is 348 g/mol. The van der Waals surface area contributed by atoms with Gasteiger partial charge in [0.2, 0.25) is 0 Å². The zero-order valence-corrected chi connectivity index (χ0v) is 17.5. The lowest BCUT2D eigenvalue weighted by Crippen LogP contribution is -2.44. The molecule has 2 aliphatic rings. The number of carbonyl (C=O) groups is 1. The molecule has 3 rings (SSSR count). The van der Waals surface area contributed by atoms with Crippen molar-refractivity contribution in [2.75, 3.05) is 25.5 Å². The van der Waals surface area contributed by atoms with E-state index in [2.05, 4.69) is 39.2 Å². The number of anilines is 1. The predicted molar refractivity (Wildman–Crippen MR) is 105 cm³/mol. The molecule has 2 heterocycles. The summed E-state index contributed by atoms with van der Waals surface area (Å²) in [6, 6.07) is 3.28. The number of hydrogen-bond donors (Lipinski definition) is 2. The Morgan fingerprint density at radius 1 is 1.31 bits per heavy atom. The van der Waals surface area contributed by atoms with E-state index < -0.39 is 8.32 Å². The van der Waals surface area contributed by atoms with Crippen molar-refractivity contribution >= 4 is 19.9 Å². The van der Waals surface area contributed by atoms with Gasteiger partial charge in [-0.05, 0) is 30.6 Å². The third kappa shape index (κ3) is 3.30. The molecule has 0 unspecified atom stereocenters. The third-order valence-electron chi connectivity index (χ3n) is 5.98. The number of hydrogen-bond acceptors (Lipinski definition) is 5. The van der Waals surface area contributed by atoms with E-state index in [4.69, 9.17) is 9.16 Å². The van der Waals surface area contributed by atoms with Crippen LogP contribution in [0.25, 0.3) is 0 Å². The van der Waals surface area contributed by atoms with Crippen LogP contribution in [0.5, 0.6) is 11.5 Å². The fourth-order valence-corrected chi connectivity index (χ4v) is 4.79. The highest BCUT2D eigenvalue weighted by Gasteiger charge is 2.44. The smallest absolute Gasteiger partial charge is 0.256 e. The van der Waals surface area contributed by atoms with Gasteiger partial charge in [-0.1, -0.05) is 20.8 Å². The van der Waals surface area contributed by atoms with Crippen LogP contribution in [-0.2, 0) is 4.43 Å². The first-order chi connectivity index (χ1) is 12.0. The van der Waals surface area contributed by atoms with E-state index in [1.165, 1.54) is 7.11 Å². The standard InChI is InChI=1S/C19H30N2O4Si/c1-19(2,3)26(5,6)25-13-7-12-10-20-15-9-16(22)17(24-4)8-14(15)18(23)21(12)11-13/h8-9,12-13,20,22H,7,10-11H2,1-6H3/t12-,13+/m0/s1. The van der Waals surface area contributed by atoms with Crippen LogP contribution in [0.2, 0.25) is 18.1 Å². The number of carbonyl (C=O) groups excluding carboxylic acids is 1. The molecule has 0 bridgehead atoms. The predicted octanol–water partition coefficient (Wildman–Crippen LogP) is 3.43. The highest BCUT2D eigenvalue weighted by molar-refractivity contribution is 6.74. The molecule has 26 heavy (non-hydrogen) atoms. The van der Waals surface area contributed by atoms with E-state index >= 15 is 0 Å². The topological polar surface area (TPSA) is 71.0 Å². The number of phenols is 1. The lowest BCUT2D eigenvalue weighted by atomic mass is 10.1. The number of fused-ring (bicyclic) bond motifs is 2. The largest absolute Gasteiger partial charge is 0.504 e. The molecule has 0 radical (unpaired) electrons. The second-order valence-corrected chi connectivity index (χ2v) is 13.6. The first kappa shape index (κ1) is 19.0. The Bertz CT molecular complexity index is 714. The van der Waals surface area contributed by atoms with E-state index in [1.807, 2.05) is 4.90 Å². The summed E-state index contributed by atoms with van der Waals surface area (Å²) in [7, 11) is -0.390. The lowest BCUT2D eigenvalue weighted by molar-refractivity contribution is 0.0731. The Kier molecular flexibility index (Phi) is 4.73. The summed E-state index contributed by atoms with van der Waals surface area (Å²) in [5, 5.41) is 13.4. The van der Waals surface area contributed by atoms with Gasteiger partial charge in [0.15, 0.2) is 19.8 Å². The van der Waals surface area contributed by atoms with Crippen LogP contribution in [-0.4, -0.2) is 56.6 Å². The molecule has 6 nitrogen and oxygen atoms in total. The summed E-state index contributed by atoms with van der Waals surface area (Å²) in [6.07, 6.45) is 0.912. The zero-order valence-electron chi connectivity index (χ0n) is 16.5. The Labute approximate surface area is 156 Å². The number of aromatic hydroxyl groups is 1. The number of nitrogens with one attached hydrogen (secondary N) is 1. The van der Waals surface area contributed by atoms with E-state index in [0.717, 1.165) is 6.42 Å². The van der Waals surface area contributed by atoms with Gasteiger partial charge in [0.05, 0.1) is 30.5 Å². The maximum absolute atomic E-state index is 13.1. The van der Waals surface area contributed by atoms with Crippen molar-refractivity contribution in [2.45, 2.75) is 57.5 Å². The number of rotatable bonds is 3. The number of phenolic OH excluding ortho intramolecular Hbond substituents is 1. The minimum Gasteiger partial charge on any atom is -0.504 e. The zero-order chi connectivity index (χ0) is 19.3. The maximum atomic E-state index is 13.1. The van der Waals surface area contributed by atoms with Gasteiger partial charge in [-0.2, -0.15) is 0 Å². The average molecular weight is 379 g/mol. The molecule has 1 aromatic carbocycles. The SMILES string of the molecule is COc1cc2c(cc1O)NC[C@@H]1C[C@@H](O[Si](C)(C)C(C)(C)C)CN1C2=O. The van der Waals surface area contributed by atoms with E-state index in [0.29, 0.717) is 30.1 Å². The van der Waals surface area contributed by atoms with Crippen molar-refractivity contribution in [1.82, 2.24) is 4.90 Å². The Balaban J connectivity index is 1.82. The Morgan fingerprint density at radius 3 is 2.62 bits per heavy atom. The normalized spacial score (nSPS) is 23.2. The fraction of sp³-hybridized carbons (Fsp3) is 0.632. The summed E-state index contributed by atoms with van der Waals surface area (Å²) < 4.78 is 11.7. The molecule has 0 saturated carbocycles. The molecule has 0 spiro atoms. The number of amides is 1. The van der Waals surface area contributed by atoms with Crippen LogP contribution < -0.4 is 10.1 Å². The number of nitrogens with zero attached hydrogens (tertiary/aromatic N) is 1. The van der Waals surface area contributed by atoms with Crippen LogP contribution in [0.3, 0.4) is 0 Å². The van der Waals surface area contributed by atoms with Gasteiger partial charge in [0.1, 0.15) is 0 Å². The quantitative estimate of drug-likeness (QED) is 0.789. The van der Waals surface area contributed by atoms with Gasteiger partial charge in [-0.25, -0.2) is 0 Å². The van der Waals surface area contributed by atoms with Crippen molar-refractivity contribution in [2.24, 2.45) is 0 Å². The van der Waals surface area contributed by atoms with E-state index in [-0.39, 0.29) is 28.8 Å². The van der Waals surface area contributed by atoms with E-state index in [1.54, 1.807) is 12.1 Å². The van der Waals surface area contributed by atoms with E-state index in [9.17, 15) is 9.90 Å². The minimum atomic E-state index is -1.87. The summed E-state index contributed by atoms with van der Waals surface area (Å²) in [6.45, 7) is 12.5. The second-order valence-electron chi connectivity index (χ2n) is 8.80. The maximum Gasteiger partial charge on any atom is 0.256 e. The second kappa shape index (κ2) is 6.46. The molecule has 0 aromatic heterocycles. The molecule has 0 aliphatic carbocycles. The number of benzene rings is 1. The monoisotopic (exact) mass is 378 g/mol. The van der Waals surface area contributed by atoms with Gasteiger partial charge in [0.25, 0.3) is 5.91 Å². The molecule has 1 saturated heterocycles. The van der Waals surface area contributed by atoms with Crippen molar-refractivity contribution < 1.29 is 19.1 Å². The van der Waals surface area contributed by atoms with Gasteiger partial charge < -0.3 is 24.5 Å². The van der Waals surface area contributed by atoms with Gasteiger partial charge in [-0.3, -0.25) is 4.79 Å². The molecule has 1 fully saturated rings. The van der Waals surface area contributed by atoms with Crippen molar-refractivity contribution in [3.05, 3.63) is 17.7 Å². The fourth-order valence-electron chi connectivity index (χ4n) is 3.43. The number of ether oxygens (including phenoxy) is 1. The summed E-state index contributed by atoms with van der Waals surface area (Å²) >= 11 is 0. The van der Waals surface area contributed by atoms with Crippen LogP contribution in [0.15, 0.2) is 12.1 Å². The van der Waals surface area contributed by atoms with Gasteiger partial charge >= 0.3 is 0 Å². The molecular formula is C19H30N2O4Si. The third-order valence-corrected chi connectivity index (χ3v) is 10.5. The van der Waals surface area contributed by atoms with Crippen LogP contribution in [0, 0.1) is 0 Å². The molecule has 1 aromatic rings. The molecule has 2 N–H and O–H groups in total. The Hall–Kier alpha value is -1.73. The molecule has 7 heteroatoms. The molecule has 144 valence electrons. The van der Waals surface area contributed by atoms with Crippen molar-refractivity contribution in [3.8, 4) is 11.5 Å². The lowest BCUT2D eigenvalue weighted by Gasteiger charge is -2.38. The molecule has 1 amide bonds. The van der Waals surface area contributed by atoms with Crippen LogP contribution >= 0.6 is 0 Å². The first-order valence-electron chi connectivity index (χ1n) is 9.17. The van der Waals surface area contributed by atoms with Gasteiger partial charge in [0, 0.05) is 19.2 Å². The van der Waals surface area contributed by atoms with Crippen LogP contribution in [0.4, 0.5) is 5.69 Å². The van der Waals surface area contributed by atoms with Crippen LogP contribution in [0.1, 0.15) is 37.6 Å². The molecule has 2 aliphatic heterocycles. The highest BCUT2D eigenvalue weighted by atomic mass is 28.4. The summed E-state index contributed by atoms with van der Waals surface area (Å²) in [4.78, 5) is 15.0. The van der Waals surface area contributed by atoms with Crippen molar-refractivity contribution in [1.29, 1.82) is 0 Å².